The van der Waals surface area contributed by atoms with E-state index in [-0.39, 0.29) is 30.9 Å². The molecule has 10 heteroatoms. The lowest BCUT2D eigenvalue weighted by atomic mass is 9.92. The van der Waals surface area contributed by atoms with Crippen LogP contribution in [-0.4, -0.2) is 60.4 Å². The topological polar surface area (TPSA) is 119 Å². The van der Waals surface area contributed by atoms with Crippen LogP contribution in [0.4, 0.5) is 5.69 Å². The third kappa shape index (κ3) is 7.34. The van der Waals surface area contributed by atoms with Crippen molar-refractivity contribution in [3.8, 4) is 11.5 Å². The Bertz CT molecular complexity index is 1650. The Morgan fingerprint density at radius 1 is 0.935 bits per heavy atom. The van der Waals surface area contributed by atoms with E-state index in [0.717, 1.165) is 48.6 Å². The number of rotatable bonds is 13. The van der Waals surface area contributed by atoms with Crippen molar-refractivity contribution in [1.82, 2.24) is 9.88 Å². The van der Waals surface area contributed by atoms with Gasteiger partial charge in [-0.2, -0.15) is 0 Å². The first kappa shape index (κ1) is 32.6. The predicted molar refractivity (Wildman–Crippen MR) is 176 cm³/mol. The van der Waals surface area contributed by atoms with Gasteiger partial charge in [-0.1, -0.05) is 67.8 Å². The van der Waals surface area contributed by atoms with Crippen LogP contribution in [0.25, 0.3) is 10.9 Å². The summed E-state index contributed by atoms with van der Waals surface area (Å²) in [5.74, 6) is -1.04. The van der Waals surface area contributed by atoms with Crippen LogP contribution in [-0.2, 0) is 27.5 Å². The molecule has 0 bridgehead atoms. The lowest BCUT2D eigenvalue weighted by molar-refractivity contribution is -0.137. The second-order valence-corrected chi connectivity index (χ2v) is 11.6. The SMILES string of the molecule is COc1cc(C)cc(OC)c1N(C(=O)C(COCc1ccccc1)NC(=O)c1cc2ccccc2n1CC(=O)O)C1CCCCC1. The van der Waals surface area contributed by atoms with Crippen molar-refractivity contribution in [1.29, 1.82) is 0 Å². The zero-order valence-electron chi connectivity index (χ0n) is 26.5. The van der Waals surface area contributed by atoms with Gasteiger partial charge in [0.15, 0.2) is 0 Å². The first-order valence-corrected chi connectivity index (χ1v) is 15.6. The van der Waals surface area contributed by atoms with Gasteiger partial charge in [0.1, 0.15) is 35.5 Å². The van der Waals surface area contributed by atoms with Crippen LogP contribution in [0, 0.1) is 6.92 Å². The number of aliphatic carboxylic acids is 1. The molecule has 1 aliphatic carbocycles. The maximum absolute atomic E-state index is 14.8. The van der Waals surface area contributed by atoms with Crippen LogP contribution >= 0.6 is 0 Å². The molecule has 4 aromatic rings. The highest BCUT2D eigenvalue weighted by Gasteiger charge is 2.37. The van der Waals surface area contributed by atoms with Gasteiger partial charge in [-0.15, -0.1) is 0 Å². The maximum Gasteiger partial charge on any atom is 0.323 e. The Kier molecular flexibility index (Phi) is 10.6. The van der Waals surface area contributed by atoms with Crippen LogP contribution in [0.15, 0.2) is 72.8 Å². The Balaban J connectivity index is 1.54. The third-order valence-electron chi connectivity index (χ3n) is 8.38. The lowest BCUT2D eigenvalue weighted by Crippen LogP contribution is -2.54. The van der Waals surface area contributed by atoms with Gasteiger partial charge in [-0.25, -0.2) is 0 Å². The number of carboxylic acid groups (broad SMARTS) is 1. The monoisotopic (exact) mass is 627 g/mol. The van der Waals surface area contributed by atoms with E-state index < -0.39 is 24.5 Å². The number of methoxy groups -OCH3 is 2. The lowest BCUT2D eigenvalue weighted by Gasteiger charge is -2.38. The molecule has 46 heavy (non-hydrogen) atoms. The highest BCUT2D eigenvalue weighted by molar-refractivity contribution is 6.05. The molecule has 2 N–H and O–H groups in total. The number of carbonyl (C=O) groups excluding carboxylic acids is 2. The number of fused-ring (bicyclic) bond motifs is 1. The van der Waals surface area contributed by atoms with Crippen LogP contribution < -0.4 is 19.7 Å². The molecule has 0 spiro atoms. The van der Waals surface area contributed by atoms with E-state index in [4.69, 9.17) is 14.2 Å². The van der Waals surface area contributed by atoms with E-state index in [0.29, 0.717) is 22.7 Å². The fourth-order valence-electron chi connectivity index (χ4n) is 6.22. The largest absolute Gasteiger partial charge is 0.494 e. The summed E-state index contributed by atoms with van der Waals surface area (Å²) >= 11 is 0. The quantitative estimate of drug-likeness (QED) is 0.194. The Morgan fingerprint density at radius 3 is 2.24 bits per heavy atom. The van der Waals surface area contributed by atoms with Gasteiger partial charge in [0.05, 0.1) is 27.4 Å². The number of benzene rings is 3. The van der Waals surface area contributed by atoms with Crippen LogP contribution in [0.2, 0.25) is 0 Å². The van der Waals surface area contributed by atoms with Crippen molar-refractivity contribution in [3.63, 3.8) is 0 Å². The number of aryl methyl sites for hydroxylation is 1. The van der Waals surface area contributed by atoms with Gasteiger partial charge < -0.3 is 34.1 Å². The number of hydrogen-bond donors (Lipinski definition) is 2. The number of ether oxygens (including phenoxy) is 3. The van der Waals surface area contributed by atoms with Gasteiger partial charge >= 0.3 is 5.97 Å². The summed E-state index contributed by atoms with van der Waals surface area (Å²) in [6.45, 7) is 1.64. The van der Waals surface area contributed by atoms with Crippen LogP contribution in [0.5, 0.6) is 11.5 Å². The van der Waals surface area contributed by atoms with Crippen molar-refractivity contribution in [2.45, 2.75) is 64.3 Å². The summed E-state index contributed by atoms with van der Waals surface area (Å²) in [5, 5.41) is 13.3. The standard InChI is InChI=1S/C36H41N3O7/c1-24-18-31(44-2)34(32(19-24)45-3)39(27-15-8-5-9-16-27)36(43)28(23-46-22-25-12-6-4-7-13-25)37-35(42)30-20-26-14-10-11-17-29(26)38(30)21-33(40)41/h4,6-7,10-14,17-20,27-28H,5,8-9,15-16,21-23H2,1-3H3,(H,37,42)(H,40,41). The number of hydrogen-bond acceptors (Lipinski definition) is 6. The molecule has 1 aliphatic rings. The van der Waals surface area contributed by atoms with Gasteiger partial charge in [-0.3, -0.25) is 14.4 Å². The van der Waals surface area contributed by atoms with Crippen molar-refractivity contribution in [2.24, 2.45) is 0 Å². The fraction of sp³-hybridized carbons (Fsp3) is 0.361. The summed E-state index contributed by atoms with van der Waals surface area (Å²) in [4.78, 5) is 42.3. The zero-order chi connectivity index (χ0) is 32.6. The summed E-state index contributed by atoms with van der Waals surface area (Å²) in [6.07, 6.45) is 4.56. The number of amides is 2. The summed E-state index contributed by atoms with van der Waals surface area (Å²) in [7, 11) is 3.12. The predicted octanol–water partition coefficient (Wildman–Crippen LogP) is 5.73. The number of aromatic nitrogens is 1. The number of carboxylic acids is 1. The van der Waals surface area contributed by atoms with Crippen LogP contribution in [0.1, 0.15) is 53.7 Å². The van der Waals surface area contributed by atoms with Gasteiger partial charge in [0.25, 0.3) is 11.8 Å². The molecular formula is C36H41N3O7. The molecule has 1 unspecified atom stereocenters. The highest BCUT2D eigenvalue weighted by Crippen LogP contribution is 2.42. The van der Waals surface area contributed by atoms with E-state index in [1.807, 2.05) is 61.5 Å². The van der Waals surface area contributed by atoms with E-state index in [1.54, 1.807) is 37.3 Å². The third-order valence-corrected chi connectivity index (χ3v) is 8.38. The van der Waals surface area contributed by atoms with Crippen molar-refractivity contribution >= 4 is 34.4 Å². The Morgan fingerprint density at radius 2 is 1.59 bits per heavy atom. The van der Waals surface area contributed by atoms with Gasteiger partial charge in [0.2, 0.25) is 0 Å². The average molecular weight is 628 g/mol. The van der Waals surface area contributed by atoms with Gasteiger partial charge in [0, 0.05) is 16.9 Å². The molecule has 1 saturated carbocycles. The molecule has 1 aromatic heterocycles. The van der Waals surface area contributed by atoms with E-state index in [9.17, 15) is 19.5 Å². The molecule has 0 aliphatic heterocycles. The molecule has 242 valence electrons. The summed E-state index contributed by atoms with van der Waals surface area (Å²) in [6, 6.07) is 20.9. The van der Waals surface area contributed by atoms with Crippen molar-refractivity contribution in [3.05, 3.63) is 89.6 Å². The minimum atomic E-state index is -1.11. The normalized spacial score (nSPS) is 14.1. The number of nitrogens with one attached hydrogen (secondary N) is 1. The first-order chi connectivity index (χ1) is 22.3. The molecule has 0 saturated heterocycles. The maximum atomic E-state index is 14.8. The van der Waals surface area contributed by atoms with E-state index >= 15 is 0 Å². The van der Waals surface area contributed by atoms with Gasteiger partial charge in [-0.05, 0) is 55.2 Å². The second-order valence-electron chi connectivity index (χ2n) is 11.6. The smallest absolute Gasteiger partial charge is 0.323 e. The molecule has 2 amide bonds. The fourth-order valence-corrected chi connectivity index (χ4v) is 6.22. The molecule has 10 nitrogen and oxygen atoms in total. The molecule has 1 heterocycles. The summed E-state index contributed by atoms with van der Waals surface area (Å²) in [5.41, 5.74) is 3.09. The van der Waals surface area contributed by atoms with E-state index in [2.05, 4.69) is 5.32 Å². The zero-order valence-corrected chi connectivity index (χ0v) is 26.5. The molecule has 1 fully saturated rings. The molecular weight excluding hydrogens is 586 g/mol. The molecule has 3 aromatic carbocycles. The highest BCUT2D eigenvalue weighted by atomic mass is 16.5. The average Bonchev–Trinajstić information content (AvgIpc) is 3.43. The second kappa shape index (κ2) is 15.0. The minimum absolute atomic E-state index is 0.113. The Labute approximate surface area is 268 Å². The first-order valence-electron chi connectivity index (χ1n) is 15.6. The Hall–Kier alpha value is -4.83. The number of anilines is 1. The van der Waals surface area contributed by atoms with Crippen LogP contribution in [0.3, 0.4) is 0 Å². The van der Waals surface area contributed by atoms with E-state index in [1.165, 1.54) is 4.57 Å². The number of carbonyl (C=O) groups is 3. The van der Waals surface area contributed by atoms with Crippen molar-refractivity contribution in [2.75, 3.05) is 25.7 Å². The summed E-state index contributed by atoms with van der Waals surface area (Å²) < 4.78 is 19.1. The molecule has 0 radical (unpaired) electrons. The molecule has 1 atom stereocenters. The number of nitrogens with zero attached hydrogens (tertiary/aromatic N) is 2. The minimum Gasteiger partial charge on any atom is -0.494 e. The number of para-hydroxylation sites is 1. The van der Waals surface area contributed by atoms with Crippen molar-refractivity contribution < 1.29 is 33.7 Å². The molecule has 5 rings (SSSR count).